The van der Waals surface area contributed by atoms with Gasteiger partial charge in [-0.15, -0.1) is 0 Å². The topological polar surface area (TPSA) is 120 Å². The molecule has 10 heteroatoms. The molecule has 1 amide bonds. The first-order valence-corrected chi connectivity index (χ1v) is 15.1. The maximum Gasteiger partial charge on any atom is 0.324 e. The normalized spacial score (nSPS) is 12.5. The fraction of sp³-hybridized carbons (Fsp3) is 0.212. The third kappa shape index (κ3) is 8.91. The second kappa shape index (κ2) is 15.0. The first-order chi connectivity index (χ1) is 20.8. The SMILES string of the molecule is COc1ccc(S(=O)(=O)N[C@H](Cc2ccccc2)C(=O)OC[C@H](Cc2ccccc2)NC(=O)c2ccccc2)c(OC)c1. The molecule has 43 heavy (non-hydrogen) atoms. The smallest absolute Gasteiger partial charge is 0.324 e. The molecule has 0 aliphatic rings. The van der Waals surface area contributed by atoms with Crippen molar-refractivity contribution in [3.05, 3.63) is 126 Å². The van der Waals surface area contributed by atoms with Crippen molar-refractivity contribution in [1.29, 1.82) is 0 Å². The first kappa shape index (κ1) is 31.3. The van der Waals surface area contributed by atoms with Gasteiger partial charge in [0.25, 0.3) is 5.91 Å². The lowest BCUT2D eigenvalue weighted by Crippen LogP contribution is -2.46. The highest BCUT2D eigenvalue weighted by Crippen LogP contribution is 2.28. The lowest BCUT2D eigenvalue weighted by Gasteiger charge is -2.22. The number of amides is 1. The number of ether oxygens (including phenoxy) is 3. The van der Waals surface area contributed by atoms with E-state index in [1.807, 2.05) is 42.5 Å². The molecule has 2 atom stereocenters. The number of hydrogen-bond donors (Lipinski definition) is 2. The van der Waals surface area contributed by atoms with Gasteiger partial charge in [-0.2, -0.15) is 4.72 Å². The molecule has 0 heterocycles. The van der Waals surface area contributed by atoms with Gasteiger partial charge < -0.3 is 19.5 Å². The van der Waals surface area contributed by atoms with Crippen LogP contribution < -0.4 is 19.5 Å². The van der Waals surface area contributed by atoms with Crippen LogP contribution in [0.3, 0.4) is 0 Å². The molecular weight excluding hydrogens is 568 g/mol. The minimum Gasteiger partial charge on any atom is -0.497 e. The maximum absolute atomic E-state index is 13.5. The van der Waals surface area contributed by atoms with Crippen molar-refractivity contribution in [2.24, 2.45) is 0 Å². The van der Waals surface area contributed by atoms with Crippen molar-refractivity contribution in [2.45, 2.75) is 29.8 Å². The number of nitrogens with one attached hydrogen (secondary N) is 2. The summed E-state index contributed by atoms with van der Waals surface area (Å²) in [7, 11) is -1.43. The molecule has 0 aliphatic carbocycles. The lowest BCUT2D eigenvalue weighted by molar-refractivity contribution is -0.146. The molecule has 4 aromatic carbocycles. The van der Waals surface area contributed by atoms with Crippen LogP contribution in [0.1, 0.15) is 21.5 Å². The van der Waals surface area contributed by atoms with E-state index in [-0.39, 0.29) is 29.6 Å². The van der Waals surface area contributed by atoms with Crippen molar-refractivity contribution in [3.63, 3.8) is 0 Å². The predicted molar refractivity (Wildman–Crippen MR) is 163 cm³/mol. The minimum absolute atomic E-state index is 0.0388. The van der Waals surface area contributed by atoms with E-state index in [2.05, 4.69) is 10.0 Å². The summed E-state index contributed by atoms with van der Waals surface area (Å²) < 4.78 is 45.7. The fourth-order valence-electron chi connectivity index (χ4n) is 4.46. The van der Waals surface area contributed by atoms with Gasteiger partial charge in [-0.25, -0.2) is 8.42 Å². The molecule has 4 aromatic rings. The molecular formula is C33H34N2O7S. The highest BCUT2D eigenvalue weighted by atomic mass is 32.2. The van der Waals surface area contributed by atoms with Crippen LogP contribution in [0.5, 0.6) is 11.5 Å². The van der Waals surface area contributed by atoms with Crippen LogP contribution in [0.15, 0.2) is 114 Å². The zero-order chi connectivity index (χ0) is 30.7. The van der Waals surface area contributed by atoms with E-state index in [1.165, 1.54) is 32.4 Å². The third-order valence-electron chi connectivity index (χ3n) is 6.65. The van der Waals surface area contributed by atoms with Crippen LogP contribution in [0.2, 0.25) is 0 Å². The Labute approximate surface area is 251 Å². The summed E-state index contributed by atoms with van der Waals surface area (Å²) in [5.41, 5.74) is 2.13. The minimum atomic E-state index is -4.24. The van der Waals surface area contributed by atoms with Crippen LogP contribution in [0.25, 0.3) is 0 Å². The molecule has 0 saturated carbocycles. The summed E-state index contributed by atoms with van der Waals surface area (Å²) in [6.07, 6.45) is 0.432. The molecule has 0 spiro atoms. The quantitative estimate of drug-likeness (QED) is 0.208. The Kier molecular flexibility index (Phi) is 10.9. The molecule has 4 rings (SSSR count). The van der Waals surface area contributed by atoms with Gasteiger partial charge in [0.2, 0.25) is 10.0 Å². The standard InChI is InChI=1S/C33H34N2O7S/c1-40-28-18-19-31(30(22-28)41-2)43(38,39)35-29(21-25-14-8-4-9-15-25)33(37)42-23-27(20-24-12-6-3-7-13-24)34-32(36)26-16-10-5-11-17-26/h3-19,22,27,29,35H,20-21,23H2,1-2H3,(H,34,36)/t27-,29+/m0/s1. The average Bonchev–Trinajstić information content (AvgIpc) is 3.04. The number of carbonyl (C=O) groups is 2. The molecule has 0 radical (unpaired) electrons. The lowest BCUT2D eigenvalue weighted by atomic mass is 10.1. The van der Waals surface area contributed by atoms with Gasteiger partial charge in [0.05, 0.1) is 20.3 Å². The summed E-state index contributed by atoms with van der Waals surface area (Å²) in [5.74, 6) is -0.624. The number of methoxy groups -OCH3 is 2. The highest BCUT2D eigenvalue weighted by Gasteiger charge is 2.30. The average molecular weight is 603 g/mol. The molecule has 0 aliphatic heterocycles. The summed E-state index contributed by atoms with van der Waals surface area (Å²) in [4.78, 5) is 26.3. The van der Waals surface area contributed by atoms with Gasteiger partial charge in [-0.3, -0.25) is 9.59 Å². The van der Waals surface area contributed by atoms with Crippen molar-refractivity contribution in [2.75, 3.05) is 20.8 Å². The Morgan fingerprint density at radius 1 is 0.744 bits per heavy atom. The molecule has 0 aromatic heterocycles. The highest BCUT2D eigenvalue weighted by molar-refractivity contribution is 7.89. The zero-order valence-electron chi connectivity index (χ0n) is 23.9. The number of benzene rings is 4. The van der Waals surface area contributed by atoms with Gasteiger partial charge >= 0.3 is 5.97 Å². The van der Waals surface area contributed by atoms with E-state index in [9.17, 15) is 18.0 Å². The van der Waals surface area contributed by atoms with Crippen LogP contribution >= 0.6 is 0 Å². The van der Waals surface area contributed by atoms with Crippen LogP contribution in [0.4, 0.5) is 0 Å². The van der Waals surface area contributed by atoms with Gasteiger partial charge in [0.15, 0.2) is 0 Å². The molecule has 0 unspecified atom stereocenters. The van der Waals surface area contributed by atoms with Crippen LogP contribution in [-0.2, 0) is 32.4 Å². The van der Waals surface area contributed by atoms with Crippen LogP contribution in [0, 0.1) is 0 Å². The van der Waals surface area contributed by atoms with Crippen LogP contribution in [-0.4, -0.2) is 53.2 Å². The predicted octanol–water partition coefficient (Wildman–Crippen LogP) is 4.18. The van der Waals surface area contributed by atoms with Gasteiger partial charge in [0.1, 0.15) is 29.0 Å². The molecule has 2 N–H and O–H groups in total. The molecule has 224 valence electrons. The Hall–Kier alpha value is -4.67. The summed E-state index contributed by atoms with van der Waals surface area (Å²) >= 11 is 0. The Bertz CT molecular complexity index is 1600. The van der Waals surface area contributed by atoms with E-state index >= 15 is 0 Å². The van der Waals surface area contributed by atoms with E-state index < -0.39 is 28.1 Å². The second-order valence-corrected chi connectivity index (χ2v) is 11.4. The van der Waals surface area contributed by atoms with E-state index in [1.54, 1.807) is 48.5 Å². The van der Waals surface area contributed by atoms with E-state index in [0.717, 1.165) is 11.1 Å². The van der Waals surface area contributed by atoms with Gasteiger partial charge in [-0.05, 0) is 48.2 Å². The molecule has 0 bridgehead atoms. The summed E-state index contributed by atoms with van der Waals surface area (Å²) in [5, 5.41) is 2.94. The monoisotopic (exact) mass is 602 g/mol. The molecule has 0 fully saturated rings. The largest absolute Gasteiger partial charge is 0.497 e. The van der Waals surface area contributed by atoms with Gasteiger partial charge in [0, 0.05) is 11.6 Å². The maximum atomic E-state index is 13.5. The summed E-state index contributed by atoms with van der Waals surface area (Å²) in [6.45, 7) is -0.175. The fourth-order valence-corrected chi connectivity index (χ4v) is 5.80. The van der Waals surface area contributed by atoms with E-state index in [0.29, 0.717) is 17.7 Å². The Balaban J connectivity index is 1.55. The molecule has 0 saturated heterocycles. The second-order valence-electron chi connectivity index (χ2n) is 9.74. The van der Waals surface area contributed by atoms with Gasteiger partial charge in [-0.1, -0.05) is 78.9 Å². The number of carbonyl (C=O) groups excluding carboxylic acids is 2. The third-order valence-corrected chi connectivity index (χ3v) is 8.16. The van der Waals surface area contributed by atoms with Crippen molar-refractivity contribution >= 4 is 21.9 Å². The van der Waals surface area contributed by atoms with E-state index in [4.69, 9.17) is 14.2 Å². The van der Waals surface area contributed by atoms with Crippen molar-refractivity contribution in [3.8, 4) is 11.5 Å². The van der Waals surface area contributed by atoms with Crippen molar-refractivity contribution in [1.82, 2.24) is 10.0 Å². The Morgan fingerprint density at radius 3 is 1.91 bits per heavy atom. The number of rotatable bonds is 14. The Morgan fingerprint density at radius 2 is 1.33 bits per heavy atom. The first-order valence-electron chi connectivity index (χ1n) is 13.6. The summed E-state index contributed by atoms with van der Waals surface area (Å²) in [6, 6.07) is 29.7. The number of esters is 1. The zero-order valence-corrected chi connectivity index (χ0v) is 24.8. The number of hydrogen-bond acceptors (Lipinski definition) is 7. The van der Waals surface area contributed by atoms with Crippen molar-refractivity contribution < 1.29 is 32.2 Å². The number of sulfonamides is 1. The molecule has 9 nitrogen and oxygen atoms in total.